The second-order valence-corrected chi connectivity index (χ2v) is 20.7. The van der Waals surface area contributed by atoms with Gasteiger partial charge in [-0.3, -0.25) is 24.6 Å². The molecule has 7 aromatic rings. The Morgan fingerprint density at radius 1 is 0.350 bits per heavy atom. The first-order valence-electron chi connectivity index (χ1n) is 29.1. The lowest BCUT2D eigenvalue weighted by Gasteiger charge is -2.20. The number of nitrogens with zero attached hydrogens (tertiary/aromatic N) is 6. The van der Waals surface area contributed by atoms with Crippen molar-refractivity contribution < 1.29 is 18.9 Å². The van der Waals surface area contributed by atoms with Crippen LogP contribution in [0.5, 0.6) is 23.0 Å². The smallest absolute Gasteiger partial charge is 0.123 e. The molecule has 5 heterocycles. The van der Waals surface area contributed by atoms with E-state index < -0.39 is 0 Å². The van der Waals surface area contributed by atoms with Crippen LogP contribution >= 0.6 is 0 Å². The van der Waals surface area contributed by atoms with Crippen LogP contribution in [-0.4, -0.2) is 120 Å². The lowest BCUT2D eigenvalue weighted by atomic mass is 9.98. The Bertz CT molecular complexity index is 3260. The van der Waals surface area contributed by atoms with Crippen molar-refractivity contribution in [1.82, 2.24) is 39.5 Å². The maximum atomic E-state index is 6.06. The highest BCUT2D eigenvalue weighted by Crippen LogP contribution is 2.42. The van der Waals surface area contributed by atoms with E-state index in [1.165, 1.54) is 0 Å². The molecule has 3 aromatic heterocycles. The molecule has 0 saturated carbocycles. The van der Waals surface area contributed by atoms with Gasteiger partial charge in [0.15, 0.2) is 0 Å². The monoisotopic (exact) mass is 1080 g/mol. The van der Waals surface area contributed by atoms with Crippen LogP contribution in [0, 0.1) is 0 Å². The molecule has 0 aliphatic carbocycles. The van der Waals surface area contributed by atoms with E-state index in [9.17, 15) is 0 Å². The summed E-state index contributed by atoms with van der Waals surface area (Å²) in [7, 11) is 7.06. The number of fused-ring (bicyclic) bond motifs is 8. The molecule has 0 atom stereocenters. The van der Waals surface area contributed by atoms with Crippen LogP contribution in [0.4, 0.5) is 0 Å². The van der Waals surface area contributed by atoms with Crippen molar-refractivity contribution >= 4 is 34.2 Å². The van der Waals surface area contributed by atoms with Gasteiger partial charge in [0.1, 0.15) is 23.0 Å². The summed E-state index contributed by atoms with van der Waals surface area (Å²) in [4.78, 5) is 29.3. The second-order valence-electron chi connectivity index (χ2n) is 20.7. The number of hydrogen-bond donors (Lipinski definition) is 2. The predicted octanol–water partition coefficient (Wildman–Crippen LogP) is 14.3. The average molecular weight is 1080 g/mol. The molecule has 80 heavy (non-hydrogen) atoms. The van der Waals surface area contributed by atoms with E-state index in [1.807, 2.05) is 0 Å². The molecule has 8 bridgehead atoms. The third-order valence-corrected chi connectivity index (χ3v) is 16.5. The van der Waals surface area contributed by atoms with Gasteiger partial charge in [-0.05, 0) is 172 Å². The van der Waals surface area contributed by atoms with Gasteiger partial charge in [0.25, 0.3) is 0 Å². The molecule has 0 unspecified atom stereocenters. The van der Waals surface area contributed by atoms with E-state index in [1.54, 1.807) is 28.4 Å². The van der Waals surface area contributed by atoms with Gasteiger partial charge in [-0.25, -0.2) is 4.98 Å². The Hall–Kier alpha value is -7.22. The van der Waals surface area contributed by atoms with E-state index >= 15 is 0 Å². The van der Waals surface area contributed by atoms with E-state index in [-0.39, 0.29) is 0 Å². The maximum Gasteiger partial charge on any atom is 0.123 e. The number of aromatic amines is 2. The Balaban J connectivity index is 1.44. The summed E-state index contributed by atoms with van der Waals surface area (Å²) in [5.41, 5.74) is 20.5. The van der Waals surface area contributed by atoms with Crippen molar-refractivity contribution in [3.8, 4) is 67.5 Å². The number of nitrogens with one attached hydrogen (secondary N) is 2. The number of methoxy groups -OCH3 is 4. The van der Waals surface area contributed by atoms with Crippen molar-refractivity contribution in [2.24, 2.45) is 0 Å². The van der Waals surface area contributed by atoms with Crippen molar-refractivity contribution in [3.05, 3.63) is 142 Å². The first-order chi connectivity index (χ1) is 39.0. The fourth-order valence-corrected chi connectivity index (χ4v) is 11.7. The normalized spacial score (nSPS) is 12.4. The minimum atomic E-state index is 0.742. The number of aryl methyl sites for hydroxylation is 2. The van der Waals surface area contributed by atoms with Crippen LogP contribution in [0.3, 0.4) is 0 Å². The van der Waals surface area contributed by atoms with Gasteiger partial charge in [0, 0.05) is 92.8 Å². The first kappa shape index (κ1) is 57.5. The molecule has 9 rings (SSSR count). The van der Waals surface area contributed by atoms with Gasteiger partial charge in [-0.15, -0.1) is 0 Å². The lowest BCUT2D eigenvalue weighted by molar-refractivity contribution is 0.289. The fraction of sp³-hybridized carbons (Fsp3) is 0.382. The molecule has 2 N–H and O–H groups in total. The molecule has 2 aliphatic rings. The van der Waals surface area contributed by atoms with E-state index in [0.717, 1.165) is 226 Å². The molecule has 0 saturated heterocycles. The lowest BCUT2D eigenvalue weighted by Crippen LogP contribution is -2.22. The van der Waals surface area contributed by atoms with Gasteiger partial charge in [-0.2, -0.15) is 0 Å². The molecule has 0 fully saturated rings. The summed E-state index contributed by atoms with van der Waals surface area (Å²) in [5.74, 6) is 3.48. The Morgan fingerprint density at radius 2 is 0.613 bits per heavy atom. The summed E-state index contributed by atoms with van der Waals surface area (Å²) in [6.45, 7) is 28.2. The van der Waals surface area contributed by atoms with E-state index in [4.69, 9.17) is 28.9 Å². The molecular weight excluding hydrogens is 993 g/mol. The highest BCUT2D eigenvalue weighted by atomic mass is 16.5. The average Bonchev–Trinajstić information content (AvgIpc) is 4.40. The standard InChI is InChI=1S/C68H84N8O4/c1-13-73(14-2)41-49-37-45(21-33-61(49)77-9)65-53-25-27-55(69-53)66(46-22-34-62(78-10)50(38-46)42-74(15-3)16-4)57-29-31-59(71-57)68(48-24-36-64(80-12)52(40-48)44-76(19-7)20-8)60-32-30-58(72-60)67(56-28-26-54(65)70-56)47-23-35-63(79-11)51(39-47)43-75(17-5)18-6/h21-29,31,33-40,70-71H,13-20,30,32,41-44H2,1-12H3. The Morgan fingerprint density at radius 3 is 0.875 bits per heavy atom. The quantitative estimate of drug-likeness (QED) is 0.0607. The number of ether oxygens (including phenoxy) is 4. The number of H-pyrrole nitrogens is 2. The Labute approximate surface area is 475 Å². The van der Waals surface area contributed by atoms with Crippen LogP contribution < -0.4 is 18.9 Å². The van der Waals surface area contributed by atoms with Crippen LogP contribution in [0.15, 0.2) is 97.1 Å². The van der Waals surface area contributed by atoms with Crippen molar-refractivity contribution in [1.29, 1.82) is 0 Å². The summed E-state index contributed by atoms with van der Waals surface area (Å²) in [6.07, 6.45) is 5.85. The van der Waals surface area contributed by atoms with Gasteiger partial charge in [-0.1, -0.05) is 79.7 Å². The predicted molar refractivity (Wildman–Crippen MR) is 332 cm³/mol. The summed E-state index contributed by atoms with van der Waals surface area (Å²) < 4.78 is 24.2. The molecule has 12 nitrogen and oxygen atoms in total. The van der Waals surface area contributed by atoms with Gasteiger partial charge in [0.05, 0.1) is 51.2 Å². The van der Waals surface area contributed by atoms with Crippen molar-refractivity contribution in [3.63, 3.8) is 0 Å². The zero-order valence-electron chi connectivity index (χ0n) is 49.6. The number of benzene rings is 4. The van der Waals surface area contributed by atoms with Crippen molar-refractivity contribution in [2.75, 3.05) is 80.8 Å². The van der Waals surface area contributed by atoms with Crippen LogP contribution in [-0.2, 0) is 39.0 Å². The van der Waals surface area contributed by atoms with Crippen LogP contribution in [0.1, 0.15) is 100 Å². The molecule has 2 aliphatic heterocycles. The zero-order chi connectivity index (χ0) is 56.5. The third-order valence-electron chi connectivity index (χ3n) is 16.5. The van der Waals surface area contributed by atoms with Crippen LogP contribution in [0.25, 0.3) is 78.7 Å². The molecule has 0 spiro atoms. The summed E-state index contributed by atoms with van der Waals surface area (Å²) >= 11 is 0. The number of rotatable bonds is 24. The molecule has 12 heteroatoms. The highest BCUT2D eigenvalue weighted by Gasteiger charge is 2.24. The minimum Gasteiger partial charge on any atom is -0.496 e. The topological polar surface area (TPSA) is 107 Å². The van der Waals surface area contributed by atoms with Crippen LogP contribution in [0.2, 0.25) is 0 Å². The minimum absolute atomic E-state index is 0.742. The van der Waals surface area contributed by atoms with E-state index in [2.05, 4.69) is 194 Å². The third kappa shape index (κ3) is 12.1. The number of hydrogen-bond acceptors (Lipinski definition) is 10. The Kier molecular flexibility index (Phi) is 18.9. The second kappa shape index (κ2) is 26.4. The molecule has 0 radical (unpaired) electrons. The molecule has 0 amide bonds. The highest BCUT2D eigenvalue weighted by molar-refractivity contribution is 5.97. The molecular formula is C68H84N8O4. The summed E-state index contributed by atoms with van der Waals surface area (Å²) in [6, 6.07) is 35.4. The summed E-state index contributed by atoms with van der Waals surface area (Å²) in [5, 5.41) is 0. The SMILES string of the molecule is CCN(CC)Cc1cc(-c2c3nc(c(-c4ccc(OC)c(CN(CC)CC)c4)c4ccc([nH]4)c(-c4ccc(OC)c(CN(CC)CC)c4)c4nc(c(-c5ccc(OC)c(CN(CC)CC)c5)c5ccc2[nH]5)CC4)C=C3)ccc1OC. The van der Waals surface area contributed by atoms with Gasteiger partial charge < -0.3 is 28.9 Å². The molecule has 420 valence electrons. The van der Waals surface area contributed by atoms with Crippen molar-refractivity contribution in [2.45, 2.75) is 94.4 Å². The first-order valence-corrected chi connectivity index (χ1v) is 29.1. The molecule has 4 aromatic carbocycles. The maximum absolute atomic E-state index is 6.06. The van der Waals surface area contributed by atoms with Gasteiger partial charge >= 0.3 is 0 Å². The number of aromatic nitrogens is 4. The van der Waals surface area contributed by atoms with Gasteiger partial charge in [0.2, 0.25) is 0 Å². The van der Waals surface area contributed by atoms with E-state index in [0.29, 0.717) is 0 Å². The zero-order valence-corrected chi connectivity index (χ0v) is 49.6. The fourth-order valence-electron chi connectivity index (χ4n) is 11.7. The largest absolute Gasteiger partial charge is 0.496 e.